The quantitative estimate of drug-likeness (QED) is 0.384. The second-order valence-electron chi connectivity index (χ2n) is 3.35. The molecule has 3 atom stereocenters. The van der Waals surface area contributed by atoms with Crippen molar-refractivity contribution >= 4 is 33.5 Å². The fraction of sp³-hybridized carbons (Fsp3) is 0.444. The van der Waals surface area contributed by atoms with Crippen molar-refractivity contribution in [1.82, 2.24) is 0 Å². The van der Waals surface area contributed by atoms with Crippen molar-refractivity contribution in [2.45, 2.75) is 4.32 Å². The molecule has 0 aromatic rings. The predicted molar refractivity (Wildman–Crippen MR) is 49.8 cm³/mol. The first-order valence-electron chi connectivity index (χ1n) is 4.07. The summed E-state index contributed by atoms with van der Waals surface area (Å²) in [5.74, 6) is -2.37. The molecule has 0 bridgehead atoms. The first-order valence-corrected chi connectivity index (χ1v) is 4.86. The Bertz CT molecular complexity index is 373. The zero-order valence-electron chi connectivity index (χ0n) is 7.32. The summed E-state index contributed by atoms with van der Waals surface area (Å²) in [6.45, 7) is 0. The number of ketones is 2. The van der Waals surface area contributed by atoms with Crippen LogP contribution in [0.1, 0.15) is 0 Å². The average molecular weight is 259 g/mol. The molecule has 2 aliphatic rings. The molecular weight excluding hydrogens is 252 g/mol. The molecule has 0 spiro atoms. The van der Waals surface area contributed by atoms with E-state index >= 15 is 0 Å². The van der Waals surface area contributed by atoms with E-state index in [1.54, 1.807) is 6.08 Å². The number of Topliss-reactive ketones (excluding diaryl/α,β-unsaturated/α-hetero) is 1. The molecule has 0 aromatic heterocycles. The number of methoxy groups -OCH3 is 1. The lowest BCUT2D eigenvalue weighted by atomic mass is 10.1. The molecule has 5 heteroatoms. The number of hydrogen-bond acceptors (Lipinski definition) is 4. The van der Waals surface area contributed by atoms with Crippen LogP contribution in [0.5, 0.6) is 0 Å². The van der Waals surface area contributed by atoms with E-state index in [2.05, 4.69) is 20.7 Å². The van der Waals surface area contributed by atoms with Crippen LogP contribution in [0.3, 0.4) is 0 Å². The van der Waals surface area contributed by atoms with Crippen molar-refractivity contribution in [2.24, 2.45) is 11.8 Å². The van der Waals surface area contributed by atoms with Gasteiger partial charge >= 0.3 is 5.97 Å². The van der Waals surface area contributed by atoms with E-state index in [1.807, 2.05) is 0 Å². The standard InChI is InChI=1S/C9H7BrO4/c1-14-8(13)9(10)4-2-3-5(11)7(12)6(4)9/h2-4,6H,1H3/t4-,6-,9+/m1/s1. The zero-order valence-corrected chi connectivity index (χ0v) is 8.91. The van der Waals surface area contributed by atoms with Crippen molar-refractivity contribution in [2.75, 3.05) is 7.11 Å². The Hall–Kier alpha value is -0.970. The number of ether oxygens (including phenoxy) is 1. The highest BCUT2D eigenvalue weighted by molar-refractivity contribution is 9.10. The number of carbonyl (C=O) groups excluding carboxylic acids is 3. The molecule has 0 aromatic carbocycles. The summed E-state index contributed by atoms with van der Waals surface area (Å²) in [4.78, 5) is 33.7. The molecule has 0 aliphatic heterocycles. The van der Waals surface area contributed by atoms with Crippen LogP contribution < -0.4 is 0 Å². The van der Waals surface area contributed by atoms with Crippen LogP contribution in [0.2, 0.25) is 0 Å². The SMILES string of the molecule is COC(=O)[C@]1(Br)[C@@H]2C=CC(=O)C(=O)[C@@H]21. The van der Waals surface area contributed by atoms with Crippen LogP contribution in [0, 0.1) is 11.8 Å². The number of allylic oxidation sites excluding steroid dienone is 2. The van der Waals surface area contributed by atoms with Crippen molar-refractivity contribution in [1.29, 1.82) is 0 Å². The predicted octanol–water partition coefficient (Wildman–Crippen LogP) is 0.247. The molecule has 0 amide bonds. The largest absolute Gasteiger partial charge is 0.468 e. The van der Waals surface area contributed by atoms with Crippen LogP contribution in [-0.2, 0) is 19.1 Å². The highest BCUT2D eigenvalue weighted by atomic mass is 79.9. The topological polar surface area (TPSA) is 60.4 Å². The summed E-state index contributed by atoms with van der Waals surface area (Å²) in [6, 6.07) is 0. The fourth-order valence-corrected chi connectivity index (χ4v) is 2.77. The second-order valence-corrected chi connectivity index (χ2v) is 4.66. The lowest BCUT2D eigenvalue weighted by Crippen LogP contribution is -2.25. The summed E-state index contributed by atoms with van der Waals surface area (Å²) in [5, 5.41) is 0. The van der Waals surface area contributed by atoms with Crippen LogP contribution in [0.4, 0.5) is 0 Å². The van der Waals surface area contributed by atoms with E-state index in [4.69, 9.17) is 0 Å². The first kappa shape index (κ1) is 9.58. The van der Waals surface area contributed by atoms with Gasteiger partial charge in [-0.05, 0) is 6.08 Å². The van der Waals surface area contributed by atoms with E-state index in [1.165, 1.54) is 13.2 Å². The molecule has 0 unspecified atom stereocenters. The maximum absolute atomic E-state index is 11.4. The Kier molecular flexibility index (Phi) is 1.89. The van der Waals surface area contributed by atoms with Gasteiger partial charge in [0, 0.05) is 5.92 Å². The number of esters is 1. The minimum atomic E-state index is -0.999. The molecule has 14 heavy (non-hydrogen) atoms. The van der Waals surface area contributed by atoms with Crippen LogP contribution >= 0.6 is 15.9 Å². The number of rotatable bonds is 1. The second kappa shape index (κ2) is 2.76. The van der Waals surface area contributed by atoms with Crippen LogP contribution in [-0.4, -0.2) is 29.0 Å². The molecule has 2 rings (SSSR count). The number of hydrogen-bond donors (Lipinski definition) is 0. The van der Waals surface area contributed by atoms with Gasteiger partial charge in [0.1, 0.15) is 4.32 Å². The van der Waals surface area contributed by atoms with Crippen LogP contribution in [0.15, 0.2) is 12.2 Å². The monoisotopic (exact) mass is 258 g/mol. The summed E-state index contributed by atoms with van der Waals surface area (Å²) >= 11 is 3.18. The fourth-order valence-electron chi connectivity index (χ4n) is 1.83. The maximum Gasteiger partial charge on any atom is 0.324 e. The molecule has 1 fully saturated rings. The highest BCUT2D eigenvalue weighted by Gasteiger charge is 2.73. The zero-order chi connectivity index (χ0) is 10.5. The van der Waals surface area contributed by atoms with Gasteiger partial charge in [0.15, 0.2) is 0 Å². The van der Waals surface area contributed by atoms with E-state index in [0.717, 1.165) is 0 Å². The first-order chi connectivity index (χ1) is 6.53. The van der Waals surface area contributed by atoms with Gasteiger partial charge in [-0.3, -0.25) is 14.4 Å². The van der Waals surface area contributed by atoms with Gasteiger partial charge in [-0.25, -0.2) is 0 Å². The average Bonchev–Trinajstić information content (AvgIpc) is 2.79. The van der Waals surface area contributed by atoms with Gasteiger partial charge in [-0.1, -0.05) is 22.0 Å². The number of halogens is 1. The Morgan fingerprint density at radius 3 is 2.79 bits per heavy atom. The number of fused-ring (bicyclic) bond motifs is 1. The summed E-state index contributed by atoms with van der Waals surface area (Å²) < 4.78 is 3.57. The van der Waals surface area contributed by atoms with Gasteiger partial charge in [-0.15, -0.1) is 0 Å². The van der Waals surface area contributed by atoms with Gasteiger partial charge < -0.3 is 4.74 Å². The maximum atomic E-state index is 11.4. The molecule has 0 radical (unpaired) electrons. The van der Waals surface area contributed by atoms with Gasteiger partial charge in [0.2, 0.25) is 11.6 Å². The normalized spacial score (nSPS) is 39.3. The number of carbonyl (C=O) groups is 3. The molecule has 0 saturated heterocycles. The Balaban J connectivity index is 2.32. The van der Waals surface area contributed by atoms with Gasteiger partial charge in [0.05, 0.1) is 13.0 Å². The third kappa shape index (κ3) is 0.958. The summed E-state index contributed by atoms with van der Waals surface area (Å²) in [6.07, 6.45) is 2.80. The van der Waals surface area contributed by atoms with Crippen molar-refractivity contribution in [3.63, 3.8) is 0 Å². The molecule has 4 nitrogen and oxygen atoms in total. The molecular formula is C9H7BrO4. The van der Waals surface area contributed by atoms with Crippen molar-refractivity contribution in [3.05, 3.63) is 12.2 Å². The molecule has 0 N–H and O–H groups in total. The van der Waals surface area contributed by atoms with Gasteiger partial charge in [0.25, 0.3) is 0 Å². The minimum absolute atomic E-state index is 0.236. The Morgan fingerprint density at radius 2 is 2.21 bits per heavy atom. The lowest BCUT2D eigenvalue weighted by molar-refractivity contribution is -0.142. The molecule has 74 valence electrons. The molecule has 1 saturated carbocycles. The Morgan fingerprint density at radius 1 is 1.57 bits per heavy atom. The van der Waals surface area contributed by atoms with Crippen molar-refractivity contribution < 1.29 is 19.1 Å². The third-order valence-corrected chi connectivity index (χ3v) is 4.01. The van der Waals surface area contributed by atoms with E-state index in [9.17, 15) is 14.4 Å². The minimum Gasteiger partial charge on any atom is -0.468 e. The van der Waals surface area contributed by atoms with E-state index < -0.39 is 27.8 Å². The summed E-state index contributed by atoms with van der Waals surface area (Å²) in [7, 11) is 1.26. The Labute approximate surface area is 88.4 Å². The molecule has 0 heterocycles. The smallest absolute Gasteiger partial charge is 0.324 e. The number of alkyl halides is 1. The third-order valence-electron chi connectivity index (χ3n) is 2.67. The van der Waals surface area contributed by atoms with Crippen LogP contribution in [0.25, 0.3) is 0 Å². The molecule has 2 aliphatic carbocycles. The highest BCUT2D eigenvalue weighted by Crippen LogP contribution is 2.60. The van der Waals surface area contributed by atoms with E-state index in [0.29, 0.717) is 0 Å². The van der Waals surface area contributed by atoms with Crippen molar-refractivity contribution in [3.8, 4) is 0 Å². The summed E-state index contributed by atoms with van der Waals surface area (Å²) in [5.41, 5.74) is 0. The van der Waals surface area contributed by atoms with E-state index in [-0.39, 0.29) is 5.92 Å². The lowest BCUT2D eigenvalue weighted by Gasteiger charge is -2.04. The van der Waals surface area contributed by atoms with Gasteiger partial charge in [-0.2, -0.15) is 0 Å².